The highest BCUT2D eigenvalue weighted by Gasteiger charge is 2.05. The van der Waals surface area contributed by atoms with E-state index in [0.717, 1.165) is 12.2 Å². The topological polar surface area (TPSA) is 24.9 Å². The number of rotatable bonds is 4. The molecule has 1 aromatic heterocycles. The number of anilines is 1. The molecule has 1 aromatic rings. The number of pyridine rings is 1. The monoisotopic (exact) mass is 198 g/mol. The fourth-order valence-corrected chi connectivity index (χ4v) is 1.51. The first-order chi connectivity index (χ1) is 6.18. The van der Waals surface area contributed by atoms with E-state index in [-0.39, 0.29) is 5.38 Å². The van der Waals surface area contributed by atoms with Crippen molar-refractivity contribution in [1.82, 2.24) is 4.98 Å². The molecule has 1 rings (SSSR count). The third-order valence-electron chi connectivity index (χ3n) is 1.74. The molecule has 13 heavy (non-hydrogen) atoms. The van der Waals surface area contributed by atoms with E-state index in [4.69, 9.17) is 11.6 Å². The lowest BCUT2D eigenvalue weighted by Crippen LogP contribution is -2.18. The van der Waals surface area contributed by atoms with Crippen LogP contribution in [0, 0.1) is 0 Å². The van der Waals surface area contributed by atoms with Crippen LogP contribution in [0.4, 0.5) is 5.82 Å². The van der Waals surface area contributed by atoms with Crippen LogP contribution in [0.5, 0.6) is 0 Å². The van der Waals surface area contributed by atoms with Crippen LogP contribution < -0.4 is 5.32 Å². The van der Waals surface area contributed by atoms with E-state index in [1.54, 1.807) is 6.20 Å². The molecule has 2 unspecified atom stereocenters. The van der Waals surface area contributed by atoms with Crippen LogP contribution in [0.1, 0.15) is 20.3 Å². The molecule has 1 N–H and O–H groups in total. The summed E-state index contributed by atoms with van der Waals surface area (Å²) in [6.07, 6.45) is 2.72. The van der Waals surface area contributed by atoms with Gasteiger partial charge in [0.2, 0.25) is 0 Å². The molecular weight excluding hydrogens is 184 g/mol. The van der Waals surface area contributed by atoms with E-state index < -0.39 is 0 Å². The maximum Gasteiger partial charge on any atom is 0.126 e. The smallest absolute Gasteiger partial charge is 0.126 e. The van der Waals surface area contributed by atoms with Crippen molar-refractivity contribution < 1.29 is 0 Å². The minimum Gasteiger partial charge on any atom is -0.368 e. The Kier molecular flexibility index (Phi) is 4.03. The molecule has 0 radical (unpaired) electrons. The van der Waals surface area contributed by atoms with Gasteiger partial charge in [-0.1, -0.05) is 6.07 Å². The maximum atomic E-state index is 5.88. The second-order valence-electron chi connectivity index (χ2n) is 3.28. The normalized spacial score (nSPS) is 15.0. The van der Waals surface area contributed by atoms with Crippen LogP contribution in [-0.2, 0) is 0 Å². The average Bonchev–Trinajstić information content (AvgIpc) is 2.04. The fraction of sp³-hybridized carbons (Fsp3) is 0.500. The predicted octanol–water partition coefficient (Wildman–Crippen LogP) is 2.90. The highest BCUT2D eigenvalue weighted by Crippen LogP contribution is 2.09. The van der Waals surface area contributed by atoms with Gasteiger partial charge in [-0.05, 0) is 32.4 Å². The quantitative estimate of drug-likeness (QED) is 0.753. The number of hydrogen-bond donors (Lipinski definition) is 1. The Hall–Kier alpha value is -0.760. The molecule has 0 aliphatic rings. The molecule has 0 bridgehead atoms. The highest BCUT2D eigenvalue weighted by molar-refractivity contribution is 6.20. The Bertz CT molecular complexity index is 236. The van der Waals surface area contributed by atoms with Gasteiger partial charge in [-0.2, -0.15) is 0 Å². The van der Waals surface area contributed by atoms with Crippen molar-refractivity contribution in [3.63, 3.8) is 0 Å². The standard InChI is InChI=1S/C10H15ClN2/c1-8(11)7-9(2)13-10-5-3-4-6-12-10/h3-6,8-9H,7H2,1-2H3,(H,12,13). The van der Waals surface area contributed by atoms with Crippen LogP contribution in [0.3, 0.4) is 0 Å². The lowest BCUT2D eigenvalue weighted by molar-refractivity contribution is 0.693. The Morgan fingerprint density at radius 1 is 1.46 bits per heavy atom. The first kappa shape index (κ1) is 10.3. The largest absolute Gasteiger partial charge is 0.368 e. The van der Waals surface area contributed by atoms with Crippen LogP contribution in [0.2, 0.25) is 0 Å². The number of halogens is 1. The first-order valence-corrected chi connectivity index (χ1v) is 4.94. The summed E-state index contributed by atoms with van der Waals surface area (Å²) in [5.41, 5.74) is 0. The third kappa shape index (κ3) is 4.13. The molecule has 0 aliphatic carbocycles. The highest BCUT2D eigenvalue weighted by atomic mass is 35.5. The number of nitrogens with zero attached hydrogens (tertiary/aromatic N) is 1. The minimum atomic E-state index is 0.200. The van der Waals surface area contributed by atoms with E-state index in [1.165, 1.54) is 0 Å². The summed E-state index contributed by atoms with van der Waals surface area (Å²) in [6, 6.07) is 6.18. The van der Waals surface area contributed by atoms with Gasteiger partial charge in [0.25, 0.3) is 0 Å². The van der Waals surface area contributed by atoms with E-state index in [0.29, 0.717) is 6.04 Å². The molecule has 0 aliphatic heterocycles. The lowest BCUT2D eigenvalue weighted by atomic mass is 10.2. The van der Waals surface area contributed by atoms with Gasteiger partial charge in [-0.15, -0.1) is 11.6 Å². The van der Waals surface area contributed by atoms with Crippen molar-refractivity contribution in [3.8, 4) is 0 Å². The summed E-state index contributed by atoms with van der Waals surface area (Å²) < 4.78 is 0. The predicted molar refractivity (Wildman–Crippen MR) is 57.3 cm³/mol. The molecule has 0 amide bonds. The van der Waals surface area contributed by atoms with E-state index in [1.807, 2.05) is 25.1 Å². The number of aromatic nitrogens is 1. The van der Waals surface area contributed by atoms with Crippen molar-refractivity contribution in [2.75, 3.05) is 5.32 Å². The molecule has 0 aromatic carbocycles. The molecular formula is C10H15ClN2. The average molecular weight is 199 g/mol. The number of alkyl halides is 1. The number of nitrogens with one attached hydrogen (secondary N) is 1. The van der Waals surface area contributed by atoms with Gasteiger partial charge >= 0.3 is 0 Å². The molecule has 3 heteroatoms. The van der Waals surface area contributed by atoms with Gasteiger partial charge in [0.15, 0.2) is 0 Å². The summed E-state index contributed by atoms with van der Waals surface area (Å²) in [5, 5.41) is 3.48. The Morgan fingerprint density at radius 3 is 2.77 bits per heavy atom. The van der Waals surface area contributed by atoms with E-state index in [9.17, 15) is 0 Å². The van der Waals surface area contributed by atoms with Gasteiger partial charge in [-0.25, -0.2) is 4.98 Å². The van der Waals surface area contributed by atoms with Gasteiger partial charge < -0.3 is 5.32 Å². The Morgan fingerprint density at radius 2 is 2.23 bits per heavy atom. The van der Waals surface area contributed by atoms with Gasteiger partial charge in [0.1, 0.15) is 5.82 Å². The van der Waals surface area contributed by atoms with Crippen LogP contribution >= 0.6 is 11.6 Å². The van der Waals surface area contributed by atoms with E-state index in [2.05, 4.69) is 17.2 Å². The van der Waals surface area contributed by atoms with Crippen LogP contribution in [0.25, 0.3) is 0 Å². The Balaban J connectivity index is 2.41. The maximum absolute atomic E-state index is 5.88. The summed E-state index contributed by atoms with van der Waals surface area (Å²) in [6.45, 7) is 4.10. The van der Waals surface area contributed by atoms with E-state index >= 15 is 0 Å². The van der Waals surface area contributed by atoms with Crippen LogP contribution in [-0.4, -0.2) is 16.4 Å². The molecule has 0 saturated carbocycles. The molecule has 0 fully saturated rings. The zero-order valence-electron chi connectivity index (χ0n) is 8.00. The summed E-state index contributed by atoms with van der Waals surface area (Å²) in [5.74, 6) is 0.910. The molecule has 0 spiro atoms. The second kappa shape index (κ2) is 5.07. The number of hydrogen-bond acceptors (Lipinski definition) is 2. The van der Waals surface area contributed by atoms with Gasteiger partial charge in [0.05, 0.1) is 0 Å². The molecule has 2 atom stereocenters. The van der Waals surface area contributed by atoms with Crippen molar-refractivity contribution in [1.29, 1.82) is 0 Å². The SMILES string of the molecule is CC(Cl)CC(C)Nc1ccccn1. The van der Waals surface area contributed by atoms with Gasteiger partial charge in [0, 0.05) is 17.6 Å². The summed E-state index contributed by atoms with van der Waals surface area (Å²) >= 11 is 5.88. The second-order valence-corrected chi connectivity index (χ2v) is 4.02. The summed E-state index contributed by atoms with van der Waals surface area (Å²) in [4.78, 5) is 4.17. The zero-order valence-corrected chi connectivity index (χ0v) is 8.75. The molecule has 72 valence electrons. The van der Waals surface area contributed by atoms with Gasteiger partial charge in [-0.3, -0.25) is 0 Å². The van der Waals surface area contributed by atoms with Crippen molar-refractivity contribution in [3.05, 3.63) is 24.4 Å². The lowest BCUT2D eigenvalue weighted by Gasteiger charge is -2.15. The fourth-order valence-electron chi connectivity index (χ4n) is 1.25. The molecule has 0 saturated heterocycles. The minimum absolute atomic E-state index is 0.200. The van der Waals surface area contributed by atoms with Crippen molar-refractivity contribution >= 4 is 17.4 Å². The summed E-state index contributed by atoms with van der Waals surface area (Å²) in [7, 11) is 0. The molecule has 2 nitrogen and oxygen atoms in total. The Labute approximate surface area is 84.3 Å². The zero-order chi connectivity index (χ0) is 9.68. The molecule has 1 heterocycles. The van der Waals surface area contributed by atoms with Crippen molar-refractivity contribution in [2.45, 2.75) is 31.7 Å². The van der Waals surface area contributed by atoms with Crippen LogP contribution in [0.15, 0.2) is 24.4 Å². The first-order valence-electron chi connectivity index (χ1n) is 4.50. The third-order valence-corrected chi connectivity index (χ3v) is 1.92. The van der Waals surface area contributed by atoms with Crippen molar-refractivity contribution in [2.24, 2.45) is 0 Å².